The Bertz CT molecular complexity index is 614. The van der Waals surface area contributed by atoms with Crippen LogP contribution in [0.3, 0.4) is 0 Å². The molecule has 18 heavy (non-hydrogen) atoms. The molecule has 2 aromatic heterocycles. The average Bonchev–Trinajstić information content (AvgIpc) is 2.39. The van der Waals surface area contributed by atoms with Gasteiger partial charge >= 0.3 is 0 Å². The maximum Gasteiger partial charge on any atom is 0.281 e. The van der Waals surface area contributed by atoms with Gasteiger partial charge in [0.05, 0.1) is 19.0 Å². The lowest BCUT2D eigenvalue weighted by molar-refractivity contribution is 0.281. The first kappa shape index (κ1) is 12.3. The van der Waals surface area contributed by atoms with E-state index in [0.29, 0.717) is 5.56 Å². The Morgan fingerprint density at radius 3 is 2.61 bits per heavy atom. The third kappa shape index (κ3) is 2.76. The van der Waals surface area contributed by atoms with E-state index in [1.54, 1.807) is 0 Å². The van der Waals surface area contributed by atoms with Crippen LogP contribution in [-0.4, -0.2) is 33.7 Å². The minimum absolute atomic E-state index is 0.134. The van der Waals surface area contributed by atoms with Gasteiger partial charge in [-0.1, -0.05) is 6.07 Å². The number of sulfonamides is 1. The van der Waals surface area contributed by atoms with Crippen LogP contribution in [0.2, 0.25) is 0 Å². The second-order valence-electron chi connectivity index (χ2n) is 3.23. The van der Waals surface area contributed by atoms with Gasteiger partial charge in [0, 0.05) is 6.20 Å². The van der Waals surface area contributed by atoms with Crippen molar-refractivity contribution in [3.05, 3.63) is 36.3 Å². The van der Waals surface area contributed by atoms with E-state index in [2.05, 4.69) is 24.9 Å². The molecule has 2 rings (SSSR count). The SMILES string of the molecule is O=S(=O)(Nc1nccnn1)c1ccc(CO)cn1. The molecular formula is C9H9N5O3S. The molecule has 9 heteroatoms. The maximum atomic E-state index is 11.9. The summed E-state index contributed by atoms with van der Waals surface area (Å²) in [6.45, 7) is -0.202. The predicted octanol–water partition coefficient (Wildman–Crippen LogP) is -0.440. The lowest BCUT2D eigenvalue weighted by atomic mass is 10.3. The van der Waals surface area contributed by atoms with Gasteiger partial charge in [-0.05, 0) is 11.6 Å². The normalized spacial score (nSPS) is 11.2. The Labute approximate surface area is 103 Å². The molecule has 2 N–H and O–H groups in total. The summed E-state index contributed by atoms with van der Waals surface area (Å²) in [5.74, 6) is -0.134. The van der Waals surface area contributed by atoms with Crippen LogP contribution >= 0.6 is 0 Å². The molecule has 8 nitrogen and oxygen atoms in total. The van der Waals surface area contributed by atoms with Gasteiger partial charge in [0.1, 0.15) is 0 Å². The number of pyridine rings is 1. The highest BCUT2D eigenvalue weighted by atomic mass is 32.2. The van der Waals surface area contributed by atoms with E-state index >= 15 is 0 Å². The lowest BCUT2D eigenvalue weighted by Crippen LogP contribution is -2.16. The summed E-state index contributed by atoms with van der Waals surface area (Å²) < 4.78 is 25.8. The highest BCUT2D eigenvalue weighted by Crippen LogP contribution is 2.10. The Balaban J connectivity index is 2.25. The first-order valence-electron chi connectivity index (χ1n) is 4.84. The van der Waals surface area contributed by atoms with Crippen molar-refractivity contribution in [3.63, 3.8) is 0 Å². The number of aliphatic hydroxyl groups is 1. The van der Waals surface area contributed by atoms with E-state index in [-0.39, 0.29) is 17.6 Å². The van der Waals surface area contributed by atoms with E-state index in [0.717, 1.165) is 0 Å². The highest BCUT2D eigenvalue weighted by Gasteiger charge is 2.16. The van der Waals surface area contributed by atoms with Gasteiger partial charge in [-0.2, -0.15) is 13.5 Å². The van der Waals surface area contributed by atoms with Crippen LogP contribution in [0.4, 0.5) is 5.95 Å². The molecule has 0 spiro atoms. The van der Waals surface area contributed by atoms with Gasteiger partial charge in [-0.25, -0.2) is 14.7 Å². The van der Waals surface area contributed by atoms with Crippen LogP contribution in [0.5, 0.6) is 0 Å². The topological polar surface area (TPSA) is 118 Å². The second kappa shape index (κ2) is 5.02. The van der Waals surface area contributed by atoms with Crippen molar-refractivity contribution in [2.45, 2.75) is 11.6 Å². The summed E-state index contributed by atoms with van der Waals surface area (Å²) in [6, 6.07) is 2.75. The van der Waals surface area contributed by atoms with Crippen molar-refractivity contribution >= 4 is 16.0 Å². The summed E-state index contributed by atoms with van der Waals surface area (Å²) in [7, 11) is -3.85. The van der Waals surface area contributed by atoms with E-state index in [4.69, 9.17) is 5.11 Å². The molecule has 0 bridgehead atoms. The molecule has 0 aromatic carbocycles. The zero-order valence-corrected chi connectivity index (χ0v) is 9.87. The van der Waals surface area contributed by atoms with Crippen LogP contribution in [0.1, 0.15) is 5.56 Å². The van der Waals surface area contributed by atoms with Gasteiger partial charge in [0.25, 0.3) is 16.0 Å². The molecule has 0 saturated carbocycles. The standard InChI is InChI=1S/C9H9N5O3S/c15-6-7-1-2-8(11-5-7)18(16,17)14-9-10-3-4-12-13-9/h1-5,15H,6H2,(H,10,13,14). The van der Waals surface area contributed by atoms with Gasteiger partial charge in [0.2, 0.25) is 0 Å². The third-order valence-electron chi connectivity index (χ3n) is 1.96. The monoisotopic (exact) mass is 267 g/mol. The molecule has 0 fully saturated rings. The number of aliphatic hydroxyl groups excluding tert-OH is 1. The van der Waals surface area contributed by atoms with Crippen molar-refractivity contribution in [1.29, 1.82) is 0 Å². The average molecular weight is 267 g/mol. The molecule has 0 aliphatic rings. The van der Waals surface area contributed by atoms with Crippen molar-refractivity contribution in [1.82, 2.24) is 20.2 Å². The minimum Gasteiger partial charge on any atom is -0.392 e. The summed E-state index contributed by atoms with van der Waals surface area (Å²) >= 11 is 0. The lowest BCUT2D eigenvalue weighted by Gasteiger charge is -2.05. The third-order valence-corrected chi connectivity index (χ3v) is 3.21. The van der Waals surface area contributed by atoms with Crippen LogP contribution in [0.25, 0.3) is 0 Å². The molecule has 2 heterocycles. The minimum atomic E-state index is -3.85. The fourth-order valence-corrected chi connectivity index (χ4v) is 2.01. The van der Waals surface area contributed by atoms with Crippen molar-refractivity contribution in [2.75, 3.05) is 4.72 Å². The first-order chi connectivity index (χ1) is 8.62. The molecule has 0 unspecified atom stereocenters. The Morgan fingerprint density at radius 1 is 1.22 bits per heavy atom. The molecule has 0 aliphatic carbocycles. The number of rotatable bonds is 4. The van der Waals surface area contributed by atoms with Crippen LogP contribution in [0, 0.1) is 0 Å². The fraction of sp³-hybridized carbons (Fsp3) is 0.111. The quantitative estimate of drug-likeness (QED) is 0.770. The molecule has 2 aromatic rings. The maximum absolute atomic E-state index is 11.9. The number of aromatic nitrogens is 4. The van der Waals surface area contributed by atoms with E-state index in [1.165, 1.54) is 30.7 Å². The van der Waals surface area contributed by atoms with Gasteiger partial charge in [0.15, 0.2) is 5.03 Å². The molecule has 0 saturated heterocycles. The van der Waals surface area contributed by atoms with Gasteiger partial charge in [-0.3, -0.25) is 0 Å². The zero-order chi connectivity index (χ0) is 13.0. The molecule has 94 valence electrons. The summed E-state index contributed by atoms with van der Waals surface area (Å²) in [4.78, 5) is 7.42. The van der Waals surface area contributed by atoms with Crippen molar-refractivity contribution in [2.24, 2.45) is 0 Å². The summed E-state index contributed by atoms with van der Waals surface area (Å²) in [5, 5.41) is 15.6. The van der Waals surface area contributed by atoms with Crippen LogP contribution in [-0.2, 0) is 16.6 Å². The molecule has 0 radical (unpaired) electrons. The van der Waals surface area contributed by atoms with Gasteiger partial charge in [-0.15, -0.1) is 5.10 Å². The number of nitrogens with one attached hydrogen (secondary N) is 1. The Kier molecular flexibility index (Phi) is 3.44. The van der Waals surface area contributed by atoms with E-state index < -0.39 is 10.0 Å². The summed E-state index contributed by atoms with van der Waals surface area (Å²) in [5.41, 5.74) is 0.520. The number of anilines is 1. The Morgan fingerprint density at radius 2 is 2.06 bits per heavy atom. The number of hydrogen-bond donors (Lipinski definition) is 2. The van der Waals surface area contributed by atoms with E-state index in [1.807, 2.05) is 0 Å². The molecular weight excluding hydrogens is 258 g/mol. The second-order valence-corrected chi connectivity index (χ2v) is 4.86. The predicted molar refractivity (Wildman–Crippen MR) is 60.8 cm³/mol. The first-order valence-corrected chi connectivity index (χ1v) is 6.32. The summed E-state index contributed by atoms with van der Waals surface area (Å²) in [6.07, 6.45) is 3.91. The smallest absolute Gasteiger partial charge is 0.281 e. The molecule has 0 atom stereocenters. The Hall–Kier alpha value is -2.13. The number of hydrogen-bond acceptors (Lipinski definition) is 7. The van der Waals surface area contributed by atoms with Gasteiger partial charge < -0.3 is 5.11 Å². The molecule has 0 amide bonds. The van der Waals surface area contributed by atoms with E-state index in [9.17, 15) is 8.42 Å². The van der Waals surface area contributed by atoms with Crippen molar-refractivity contribution in [3.8, 4) is 0 Å². The fourth-order valence-electron chi connectivity index (χ4n) is 1.13. The molecule has 0 aliphatic heterocycles. The highest BCUT2D eigenvalue weighted by molar-refractivity contribution is 7.92. The van der Waals surface area contributed by atoms with Crippen LogP contribution in [0.15, 0.2) is 35.7 Å². The van der Waals surface area contributed by atoms with Crippen molar-refractivity contribution < 1.29 is 13.5 Å². The largest absolute Gasteiger partial charge is 0.392 e. The van der Waals surface area contributed by atoms with Crippen LogP contribution < -0.4 is 4.72 Å². The number of nitrogens with zero attached hydrogens (tertiary/aromatic N) is 4. The zero-order valence-electron chi connectivity index (χ0n) is 9.05.